The van der Waals surface area contributed by atoms with Crippen LogP contribution in [0.2, 0.25) is 0 Å². The second-order valence-corrected chi connectivity index (χ2v) is 4.40. The Morgan fingerprint density at radius 3 is 1.93 bits per heavy atom. The van der Waals surface area contributed by atoms with Gasteiger partial charge in [0, 0.05) is 0 Å². The van der Waals surface area contributed by atoms with Crippen molar-refractivity contribution in [2.45, 2.75) is 46.6 Å². The van der Waals surface area contributed by atoms with Crippen LogP contribution < -0.4 is 0 Å². The normalized spacial score (nSPS) is 13.4. The molecular formula is C13H20O. The van der Waals surface area contributed by atoms with E-state index in [-0.39, 0.29) is 6.10 Å². The van der Waals surface area contributed by atoms with Crippen LogP contribution in [0.15, 0.2) is 12.1 Å². The molecule has 0 spiro atoms. The van der Waals surface area contributed by atoms with Gasteiger partial charge in [-0.25, -0.2) is 0 Å². The van der Waals surface area contributed by atoms with Crippen molar-refractivity contribution in [1.29, 1.82) is 0 Å². The van der Waals surface area contributed by atoms with Gasteiger partial charge in [0.05, 0.1) is 6.10 Å². The number of hydrogen-bond donors (Lipinski definition) is 1. The van der Waals surface area contributed by atoms with Crippen molar-refractivity contribution >= 4 is 0 Å². The zero-order chi connectivity index (χ0) is 10.9. The van der Waals surface area contributed by atoms with E-state index in [1.807, 2.05) is 6.92 Å². The lowest BCUT2D eigenvalue weighted by Gasteiger charge is -2.17. The molecule has 0 saturated heterocycles. The summed E-state index contributed by atoms with van der Waals surface area (Å²) in [6.07, 6.45) is -0.368. The number of benzene rings is 1. The lowest BCUT2D eigenvalue weighted by atomic mass is 9.90. The maximum absolute atomic E-state index is 9.64. The Bertz CT molecular complexity index is 295. The summed E-state index contributed by atoms with van der Waals surface area (Å²) in [4.78, 5) is 0. The van der Waals surface area contributed by atoms with Gasteiger partial charge in [-0.05, 0) is 43.4 Å². The van der Waals surface area contributed by atoms with Crippen LogP contribution in [-0.2, 0) is 0 Å². The van der Waals surface area contributed by atoms with E-state index in [0.29, 0.717) is 5.92 Å². The average Bonchev–Trinajstić information content (AvgIpc) is 2.07. The van der Waals surface area contributed by atoms with Crippen molar-refractivity contribution < 1.29 is 5.11 Å². The summed E-state index contributed by atoms with van der Waals surface area (Å²) in [5.41, 5.74) is 4.88. The third-order valence-corrected chi connectivity index (χ3v) is 2.70. The maximum Gasteiger partial charge on any atom is 0.0764 e. The van der Waals surface area contributed by atoms with Gasteiger partial charge in [0.1, 0.15) is 0 Å². The van der Waals surface area contributed by atoms with E-state index >= 15 is 0 Å². The largest absolute Gasteiger partial charge is 0.389 e. The standard InChI is InChI=1S/C13H20O/c1-8(2)12-6-9(3)7-13(10(12)4)11(5)14/h6-8,11,14H,1-5H3. The van der Waals surface area contributed by atoms with Crippen molar-refractivity contribution in [3.63, 3.8) is 0 Å². The Morgan fingerprint density at radius 1 is 1.00 bits per heavy atom. The molecule has 0 aromatic heterocycles. The van der Waals surface area contributed by atoms with E-state index in [2.05, 4.69) is 39.8 Å². The molecule has 0 fully saturated rings. The summed E-state index contributed by atoms with van der Waals surface area (Å²) in [5, 5.41) is 9.64. The molecule has 0 aliphatic rings. The molecule has 0 amide bonds. The zero-order valence-electron chi connectivity index (χ0n) is 9.76. The van der Waals surface area contributed by atoms with Crippen LogP contribution in [0, 0.1) is 13.8 Å². The van der Waals surface area contributed by atoms with Crippen LogP contribution in [0.5, 0.6) is 0 Å². The first-order valence-corrected chi connectivity index (χ1v) is 5.22. The molecule has 1 aromatic rings. The summed E-state index contributed by atoms with van der Waals surface area (Å²) >= 11 is 0. The van der Waals surface area contributed by atoms with E-state index in [1.54, 1.807) is 0 Å². The molecular weight excluding hydrogens is 172 g/mol. The highest BCUT2D eigenvalue weighted by molar-refractivity contribution is 5.40. The van der Waals surface area contributed by atoms with E-state index in [0.717, 1.165) is 5.56 Å². The number of aliphatic hydroxyl groups is 1. The van der Waals surface area contributed by atoms with Crippen LogP contribution in [0.3, 0.4) is 0 Å². The Kier molecular flexibility index (Phi) is 3.33. The quantitative estimate of drug-likeness (QED) is 0.760. The lowest BCUT2D eigenvalue weighted by Crippen LogP contribution is -2.01. The lowest BCUT2D eigenvalue weighted by molar-refractivity contribution is 0.198. The topological polar surface area (TPSA) is 20.2 Å². The number of aryl methyl sites for hydroxylation is 1. The molecule has 0 heterocycles. The minimum Gasteiger partial charge on any atom is -0.389 e. The fraction of sp³-hybridized carbons (Fsp3) is 0.538. The predicted octanol–water partition coefficient (Wildman–Crippen LogP) is 3.48. The molecule has 1 heteroatoms. The number of aliphatic hydroxyl groups excluding tert-OH is 1. The number of rotatable bonds is 2. The Hall–Kier alpha value is -0.820. The van der Waals surface area contributed by atoms with Crippen molar-refractivity contribution in [2.24, 2.45) is 0 Å². The van der Waals surface area contributed by atoms with Gasteiger partial charge in [0.25, 0.3) is 0 Å². The Labute approximate surface area is 86.8 Å². The summed E-state index contributed by atoms with van der Waals surface area (Å²) < 4.78 is 0. The fourth-order valence-electron chi connectivity index (χ4n) is 1.95. The molecule has 1 atom stereocenters. The molecule has 1 N–H and O–H groups in total. The SMILES string of the molecule is Cc1cc(C(C)C)c(C)c(C(C)O)c1. The smallest absolute Gasteiger partial charge is 0.0764 e. The molecule has 0 bridgehead atoms. The zero-order valence-corrected chi connectivity index (χ0v) is 9.76. The maximum atomic E-state index is 9.64. The third kappa shape index (κ3) is 2.16. The van der Waals surface area contributed by atoms with Crippen LogP contribution in [-0.4, -0.2) is 5.11 Å². The molecule has 0 saturated carbocycles. The van der Waals surface area contributed by atoms with Gasteiger partial charge in [0.2, 0.25) is 0 Å². The molecule has 78 valence electrons. The predicted molar refractivity (Wildman–Crippen MR) is 60.6 cm³/mol. The highest BCUT2D eigenvalue weighted by Crippen LogP contribution is 2.27. The van der Waals surface area contributed by atoms with E-state index in [1.165, 1.54) is 16.7 Å². The second kappa shape index (κ2) is 4.14. The van der Waals surface area contributed by atoms with Gasteiger partial charge in [-0.1, -0.05) is 31.5 Å². The van der Waals surface area contributed by atoms with E-state index in [9.17, 15) is 5.11 Å². The van der Waals surface area contributed by atoms with Crippen LogP contribution >= 0.6 is 0 Å². The minimum absolute atomic E-state index is 0.368. The van der Waals surface area contributed by atoms with Crippen LogP contribution in [0.4, 0.5) is 0 Å². The molecule has 14 heavy (non-hydrogen) atoms. The van der Waals surface area contributed by atoms with Crippen LogP contribution in [0.25, 0.3) is 0 Å². The van der Waals surface area contributed by atoms with Gasteiger partial charge in [-0.2, -0.15) is 0 Å². The molecule has 1 rings (SSSR count). The monoisotopic (exact) mass is 192 g/mol. The fourth-order valence-corrected chi connectivity index (χ4v) is 1.95. The highest BCUT2D eigenvalue weighted by Gasteiger charge is 2.11. The minimum atomic E-state index is -0.368. The second-order valence-electron chi connectivity index (χ2n) is 4.40. The van der Waals surface area contributed by atoms with Crippen molar-refractivity contribution in [3.05, 3.63) is 34.4 Å². The first-order valence-electron chi connectivity index (χ1n) is 5.22. The molecule has 0 aliphatic heterocycles. The summed E-state index contributed by atoms with van der Waals surface area (Å²) in [7, 11) is 0. The van der Waals surface area contributed by atoms with Gasteiger partial charge >= 0.3 is 0 Å². The molecule has 0 radical (unpaired) electrons. The highest BCUT2D eigenvalue weighted by atomic mass is 16.3. The van der Waals surface area contributed by atoms with Crippen LogP contribution in [0.1, 0.15) is 55.0 Å². The van der Waals surface area contributed by atoms with E-state index < -0.39 is 0 Å². The Balaban J connectivity index is 3.32. The molecule has 1 aromatic carbocycles. The molecule has 1 nitrogen and oxygen atoms in total. The Morgan fingerprint density at radius 2 is 1.50 bits per heavy atom. The third-order valence-electron chi connectivity index (χ3n) is 2.70. The first kappa shape index (κ1) is 11.3. The summed E-state index contributed by atoms with van der Waals surface area (Å²) in [5.74, 6) is 0.521. The molecule has 0 aliphatic carbocycles. The van der Waals surface area contributed by atoms with Crippen molar-refractivity contribution in [1.82, 2.24) is 0 Å². The van der Waals surface area contributed by atoms with Crippen molar-refractivity contribution in [3.8, 4) is 0 Å². The number of hydrogen-bond acceptors (Lipinski definition) is 1. The van der Waals surface area contributed by atoms with E-state index in [4.69, 9.17) is 0 Å². The molecule has 1 unspecified atom stereocenters. The van der Waals surface area contributed by atoms with Gasteiger partial charge in [-0.15, -0.1) is 0 Å². The first-order chi connectivity index (χ1) is 6.43. The summed E-state index contributed by atoms with van der Waals surface area (Å²) in [6, 6.07) is 4.29. The van der Waals surface area contributed by atoms with Gasteiger partial charge < -0.3 is 5.11 Å². The summed E-state index contributed by atoms with van der Waals surface area (Å²) in [6.45, 7) is 10.4. The average molecular weight is 192 g/mol. The van der Waals surface area contributed by atoms with Gasteiger partial charge in [0.15, 0.2) is 0 Å². The van der Waals surface area contributed by atoms with Gasteiger partial charge in [-0.3, -0.25) is 0 Å². The van der Waals surface area contributed by atoms with Crippen molar-refractivity contribution in [2.75, 3.05) is 0 Å².